The Hall–Kier alpha value is -0.940. The van der Waals surface area contributed by atoms with Crippen molar-refractivity contribution in [1.29, 1.82) is 0 Å². The molecule has 0 aliphatic carbocycles. The highest BCUT2D eigenvalue weighted by Crippen LogP contribution is 2.17. The Morgan fingerprint density at radius 1 is 1.27 bits per heavy atom. The van der Waals surface area contributed by atoms with Gasteiger partial charge in [-0.2, -0.15) is 0 Å². The van der Waals surface area contributed by atoms with E-state index < -0.39 is 9.84 Å². The Bertz CT molecular complexity index is 789. The van der Waals surface area contributed by atoms with Gasteiger partial charge in [0, 0.05) is 32.4 Å². The summed E-state index contributed by atoms with van der Waals surface area (Å²) < 4.78 is 37.0. The van der Waals surface area contributed by atoms with Gasteiger partial charge in [0.05, 0.1) is 5.75 Å². The van der Waals surface area contributed by atoms with E-state index in [4.69, 9.17) is 0 Å². The molecule has 1 heterocycles. The molecule has 6 nitrogen and oxygen atoms in total. The molecule has 9 heteroatoms. The van der Waals surface area contributed by atoms with Crippen molar-refractivity contribution in [2.24, 2.45) is 4.99 Å². The first-order valence-corrected chi connectivity index (χ1v) is 12.5. The van der Waals surface area contributed by atoms with Crippen LogP contribution in [-0.2, 0) is 22.1 Å². The van der Waals surface area contributed by atoms with Crippen LogP contribution in [0.25, 0.3) is 0 Å². The second-order valence-electron chi connectivity index (χ2n) is 7.83. The lowest BCUT2D eigenvalue weighted by Gasteiger charge is -2.36. The maximum atomic E-state index is 13.7. The third kappa shape index (κ3) is 9.47. The quantitative estimate of drug-likeness (QED) is 0.279. The zero-order valence-corrected chi connectivity index (χ0v) is 21.4. The van der Waals surface area contributed by atoms with E-state index in [9.17, 15) is 12.8 Å². The van der Waals surface area contributed by atoms with Gasteiger partial charge in [0.15, 0.2) is 15.8 Å². The number of halogens is 2. The largest absolute Gasteiger partial charge is 0.355 e. The fourth-order valence-corrected chi connectivity index (χ4v) is 4.59. The van der Waals surface area contributed by atoms with E-state index in [1.807, 2.05) is 0 Å². The average molecular weight is 555 g/mol. The maximum Gasteiger partial charge on any atom is 0.191 e. The highest BCUT2D eigenvalue weighted by atomic mass is 127. The van der Waals surface area contributed by atoms with Crippen LogP contribution in [0.2, 0.25) is 0 Å². The zero-order valence-electron chi connectivity index (χ0n) is 18.3. The molecule has 1 saturated heterocycles. The van der Waals surface area contributed by atoms with Gasteiger partial charge in [0.2, 0.25) is 0 Å². The summed E-state index contributed by atoms with van der Waals surface area (Å²) in [6.45, 7) is 5.62. The van der Waals surface area contributed by atoms with Crippen molar-refractivity contribution >= 4 is 39.8 Å². The van der Waals surface area contributed by atoms with E-state index in [0.29, 0.717) is 29.7 Å². The molecule has 1 atom stereocenters. The SMILES string of the molecule is CCCCN1CCCCC1CNC(=NC)NCc1cc(F)ccc1CS(C)(=O)=O.I. The molecule has 1 fully saturated rings. The van der Waals surface area contributed by atoms with Gasteiger partial charge in [-0.15, -0.1) is 24.0 Å². The standard InChI is InChI=1S/C21H35FN4O2S.HI/c1-4-5-11-26-12-7-6-8-20(26)15-25-21(23-2)24-14-18-13-19(22)10-9-17(18)16-29(3,27)28;/h9-10,13,20H,4-8,11-12,14-16H2,1-3H3,(H2,23,24,25);1H. The first kappa shape index (κ1) is 27.1. The smallest absolute Gasteiger partial charge is 0.191 e. The minimum atomic E-state index is -3.20. The zero-order chi connectivity index (χ0) is 21.3. The summed E-state index contributed by atoms with van der Waals surface area (Å²) in [5.74, 6) is 0.154. The van der Waals surface area contributed by atoms with Crippen LogP contribution in [-0.4, -0.2) is 58.3 Å². The minimum Gasteiger partial charge on any atom is -0.355 e. The molecule has 172 valence electrons. The summed E-state index contributed by atoms with van der Waals surface area (Å²) >= 11 is 0. The van der Waals surface area contributed by atoms with Crippen LogP contribution in [0.15, 0.2) is 23.2 Å². The van der Waals surface area contributed by atoms with Crippen LogP contribution < -0.4 is 10.6 Å². The third-order valence-electron chi connectivity index (χ3n) is 5.31. The van der Waals surface area contributed by atoms with E-state index in [1.54, 1.807) is 7.05 Å². The Labute approximate surface area is 198 Å². The first-order chi connectivity index (χ1) is 13.8. The van der Waals surface area contributed by atoms with Gasteiger partial charge in [-0.25, -0.2) is 12.8 Å². The summed E-state index contributed by atoms with van der Waals surface area (Å²) in [6.07, 6.45) is 7.28. The Balaban J connectivity index is 0.00000450. The summed E-state index contributed by atoms with van der Waals surface area (Å²) in [5.41, 5.74) is 1.23. The predicted molar refractivity (Wildman–Crippen MR) is 133 cm³/mol. The fourth-order valence-electron chi connectivity index (χ4n) is 3.74. The van der Waals surface area contributed by atoms with Crippen molar-refractivity contribution in [3.05, 3.63) is 35.1 Å². The van der Waals surface area contributed by atoms with Crippen molar-refractivity contribution in [3.8, 4) is 0 Å². The monoisotopic (exact) mass is 554 g/mol. The number of unbranched alkanes of at least 4 members (excludes halogenated alkanes) is 1. The minimum absolute atomic E-state index is 0. The molecule has 1 aromatic rings. The topological polar surface area (TPSA) is 73.8 Å². The molecule has 1 aromatic carbocycles. The van der Waals surface area contributed by atoms with E-state index in [1.165, 1.54) is 56.6 Å². The summed E-state index contributed by atoms with van der Waals surface area (Å²) in [4.78, 5) is 6.82. The number of likely N-dealkylation sites (tertiary alicyclic amines) is 1. The number of nitrogens with one attached hydrogen (secondary N) is 2. The summed E-state index contributed by atoms with van der Waals surface area (Å²) in [7, 11) is -1.49. The number of piperidine rings is 1. The van der Waals surface area contributed by atoms with Crippen LogP contribution in [0.1, 0.15) is 50.2 Å². The Morgan fingerprint density at radius 2 is 2.03 bits per heavy atom. The highest BCUT2D eigenvalue weighted by Gasteiger charge is 2.21. The normalized spacial score (nSPS) is 18.0. The molecule has 0 amide bonds. The van der Waals surface area contributed by atoms with Gasteiger partial charge in [-0.3, -0.25) is 9.89 Å². The lowest BCUT2D eigenvalue weighted by Crippen LogP contribution is -2.49. The molecule has 0 aromatic heterocycles. The van der Waals surface area contributed by atoms with Crippen molar-refractivity contribution in [1.82, 2.24) is 15.5 Å². The predicted octanol–water partition coefficient (Wildman–Crippen LogP) is 3.31. The van der Waals surface area contributed by atoms with Gasteiger partial charge in [-0.05, 0) is 55.6 Å². The number of guanidine groups is 1. The Kier molecular flexibility index (Phi) is 12.2. The van der Waals surface area contributed by atoms with Gasteiger partial charge >= 0.3 is 0 Å². The van der Waals surface area contributed by atoms with E-state index in [0.717, 1.165) is 19.6 Å². The van der Waals surface area contributed by atoms with Crippen LogP contribution >= 0.6 is 24.0 Å². The maximum absolute atomic E-state index is 13.7. The van der Waals surface area contributed by atoms with Crippen LogP contribution in [0.3, 0.4) is 0 Å². The lowest BCUT2D eigenvalue weighted by atomic mass is 10.0. The van der Waals surface area contributed by atoms with Gasteiger partial charge in [-0.1, -0.05) is 25.8 Å². The molecule has 0 bridgehead atoms. The molecular weight excluding hydrogens is 518 g/mol. The van der Waals surface area contributed by atoms with Gasteiger partial charge < -0.3 is 10.6 Å². The molecule has 0 spiro atoms. The van der Waals surface area contributed by atoms with Gasteiger partial charge in [0.25, 0.3) is 0 Å². The average Bonchev–Trinajstić information content (AvgIpc) is 2.68. The number of aliphatic imine (C=N–C) groups is 1. The molecule has 2 N–H and O–H groups in total. The molecular formula is C21H36FIN4O2S. The van der Waals surface area contributed by atoms with Crippen LogP contribution in [0.4, 0.5) is 4.39 Å². The second kappa shape index (κ2) is 13.5. The third-order valence-corrected chi connectivity index (χ3v) is 6.14. The Morgan fingerprint density at radius 3 is 2.70 bits per heavy atom. The molecule has 2 rings (SSSR count). The molecule has 30 heavy (non-hydrogen) atoms. The molecule has 1 aliphatic heterocycles. The number of rotatable bonds is 9. The second-order valence-corrected chi connectivity index (χ2v) is 9.97. The number of nitrogens with zero attached hydrogens (tertiary/aromatic N) is 2. The van der Waals surface area contributed by atoms with Crippen molar-refractivity contribution in [2.75, 3.05) is 32.9 Å². The first-order valence-electron chi connectivity index (χ1n) is 10.5. The highest BCUT2D eigenvalue weighted by molar-refractivity contribution is 14.0. The number of benzene rings is 1. The fraction of sp³-hybridized carbons (Fsp3) is 0.667. The van der Waals surface area contributed by atoms with Crippen molar-refractivity contribution < 1.29 is 12.8 Å². The molecule has 1 unspecified atom stereocenters. The van der Waals surface area contributed by atoms with Gasteiger partial charge in [0.1, 0.15) is 5.82 Å². The van der Waals surface area contributed by atoms with Crippen molar-refractivity contribution in [3.63, 3.8) is 0 Å². The summed E-state index contributed by atoms with van der Waals surface area (Å²) in [6, 6.07) is 4.71. The van der Waals surface area contributed by atoms with Crippen LogP contribution in [0, 0.1) is 5.82 Å². The molecule has 0 radical (unpaired) electrons. The number of hydrogen-bond acceptors (Lipinski definition) is 4. The molecule has 0 saturated carbocycles. The molecule has 1 aliphatic rings. The summed E-state index contributed by atoms with van der Waals surface area (Å²) in [5, 5.41) is 6.58. The van der Waals surface area contributed by atoms with Crippen LogP contribution in [0.5, 0.6) is 0 Å². The van der Waals surface area contributed by atoms with E-state index in [2.05, 4.69) is 27.4 Å². The van der Waals surface area contributed by atoms with Crippen molar-refractivity contribution in [2.45, 2.75) is 57.4 Å². The lowest BCUT2D eigenvalue weighted by molar-refractivity contribution is 0.147. The van der Waals surface area contributed by atoms with E-state index >= 15 is 0 Å². The van der Waals surface area contributed by atoms with E-state index in [-0.39, 0.29) is 35.5 Å². The number of sulfone groups is 1. The number of hydrogen-bond donors (Lipinski definition) is 2.